The van der Waals surface area contributed by atoms with Gasteiger partial charge in [0.15, 0.2) is 0 Å². The van der Waals surface area contributed by atoms with E-state index >= 15 is 0 Å². The fraction of sp³-hybridized carbons (Fsp3) is 0.231. The fourth-order valence-corrected chi connectivity index (χ4v) is 1.30. The van der Waals surface area contributed by atoms with Gasteiger partial charge < -0.3 is 14.2 Å². The van der Waals surface area contributed by atoms with Crippen LogP contribution in [0.5, 0.6) is 5.75 Å². The molecule has 8 heteroatoms. The number of rotatable bonds is 4. The monoisotopic (exact) mass is 304 g/mol. The van der Waals surface area contributed by atoms with Crippen LogP contribution in [0.3, 0.4) is 0 Å². The first-order valence-corrected chi connectivity index (χ1v) is 5.51. The number of carbonyl (C=O) groups excluding carboxylic acids is 2. The quantitative estimate of drug-likeness (QED) is 0.485. The van der Waals surface area contributed by atoms with Gasteiger partial charge in [-0.15, -0.1) is 0 Å². The number of ether oxygens (including phenoxy) is 3. The van der Waals surface area contributed by atoms with Crippen molar-refractivity contribution in [3.8, 4) is 5.75 Å². The Morgan fingerprint density at radius 1 is 1.10 bits per heavy atom. The van der Waals surface area contributed by atoms with E-state index in [9.17, 15) is 22.8 Å². The highest BCUT2D eigenvalue weighted by molar-refractivity contribution is 5.95. The average molecular weight is 304 g/mol. The molecule has 1 aromatic carbocycles. The summed E-state index contributed by atoms with van der Waals surface area (Å²) in [5.74, 6) is -3.44. The number of para-hydroxylation sites is 1. The molecule has 0 aromatic heterocycles. The van der Waals surface area contributed by atoms with Crippen molar-refractivity contribution >= 4 is 11.9 Å². The molecule has 1 rings (SSSR count). The maximum Gasteiger partial charge on any atom is 0.419 e. The maximum absolute atomic E-state index is 12.8. The molecule has 0 saturated heterocycles. The molecular weight excluding hydrogens is 293 g/mol. The van der Waals surface area contributed by atoms with Crippen LogP contribution in [-0.2, 0) is 25.2 Å². The molecule has 0 amide bonds. The molecule has 114 valence electrons. The Morgan fingerprint density at radius 3 is 2.24 bits per heavy atom. The standard InChI is InChI=1S/C13H11F3O5/c1-19-11(17)7-10(12(18)20-2)21-9-6-4-3-5-8(9)13(14,15)16/h3-7H,1-2H3/b10-7-. The number of carbonyl (C=O) groups is 2. The lowest BCUT2D eigenvalue weighted by atomic mass is 10.2. The first kappa shape index (κ1) is 16.5. The first-order chi connectivity index (χ1) is 9.79. The zero-order valence-corrected chi connectivity index (χ0v) is 11.1. The van der Waals surface area contributed by atoms with Crippen molar-refractivity contribution in [2.75, 3.05) is 14.2 Å². The zero-order valence-electron chi connectivity index (χ0n) is 11.1. The highest BCUT2D eigenvalue weighted by Gasteiger charge is 2.34. The highest BCUT2D eigenvalue weighted by Crippen LogP contribution is 2.36. The second-order valence-electron chi connectivity index (χ2n) is 3.62. The minimum Gasteiger partial charge on any atom is -0.466 e. The molecule has 0 atom stereocenters. The van der Waals surface area contributed by atoms with Gasteiger partial charge in [-0.3, -0.25) is 0 Å². The van der Waals surface area contributed by atoms with E-state index in [0.29, 0.717) is 6.08 Å². The Labute approximate surface area is 117 Å². The summed E-state index contributed by atoms with van der Waals surface area (Å²) in [6.45, 7) is 0. The molecule has 5 nitrogen and oxygen atoms in total. The van der Waals surface area contributed by atoms with Gasteiger partial charge in [-0.05, 0) is 12.1 Å². The van der Waals surface area contributed by atoms with E-state index in [1.54, 1.807) is 0 Å². The summed E-state index contributed by atoms with van der Waals surface area (Å²) < 4.78 is 51.9. The summed E-state index contributed by atoms with van der Waals surface area (Å²) >= 11 is 0. The summed E-state index contributed by atoms with van der Waals surface area (Å²) in [5, 5.41) is 0. The number of hydrogen-bond donors (Lipinski definition) is 0. The molecule has 0 saturated carbocycles. The van der Waals surface area contributed by atoms with Crippen LogP contribution in [0.25, 0.3) is 0 Å². The van der Waals surface area contributed by atoms with Gasteiger partial charge in [-0.1, -0.05) is 12.1 Å². The lowest BCUT2D eigenvalue weighted by Gasteiger charge is -2.14. The van der Waals surface area contributed by atoms with Gasteiger partial charge in [0.05, 0.1) is 25.9 Å². The SMILES string of the molecule is COC(=O)/C=C(\Oc1ccccc1C(F)(F)F)C(=O)OC. The van der Waals surface area contributed by atoms with Crippen LogP contribution in [0.2, 0.25) is 0 Å². The summed E-state index contributed by atoms with van der Waals surface area (Å²) in [5.41, 5.74) is -1.09. The highest BCUT2D eigenvalue weighted by atomic mass is 19.4. The van der Waals surface area contributed by atoms with Gasteiger partial charge in [0.1, 0.15) is 5.75 Å². The smallest absolute Gasteiger partial charge is 0.419 e. The van der Waals surface area contributed by atoms with Crippen LogP contribution in [0.15, 0.2) is 36.1 Å². The second-order valence-corrected chi connectivity index (χ2v) is 3.62. The Morgan fingerprint density at radius 2 is 1.71 bits per heavy atom. The molecule has 0 heterocycles. The molecular formula is C13H11F3O5. The normalized spacial score (nSPS) is 11.8. The molecule has 0 N–H and O–H groups in total. The van der Waals surface area contributed by atoms with Crippen LogP contribution in [0.1, 0.15) is 5.56 Å². The van der Waals surface area contributed by atoms with Crippen molar-refractivity contribution < 1.29 is 37.0 Å². The Balaban J connectivity index is 3.19. The molecule has 0 unspecified atom stereocenters. The van der Waals surface area contributed by atoms with Crippen molar-refractivity contribution in [3.63, 3.8) is 0 Å². The third-order valence-corrected chi connectivity index (χ3v) is 2.25. The molecule has 1 aromatic rings. The zero-order chi connectivity index (χ0) is 16.0. The Kier molecular flexibility index (Phi) is 5.34. The predicted octanol–water partition coefficient (Wildman–Crippen LogP) is 2.31. The largest absolute Gasteiger partial charge is 0.466 e. The van der Waals surface area contributed by atoms with Gasteiger partial charge in [0, 0.05) is 0 Å². The van der Waals surface area contributed by atoms with Crippen LogP contribution in [0.4, 0.5) is 13.2 Å². The number of benzene rings is 1. The molecule has 0 aliphatic rings. The third-order valence-electron chi connectivity index (χ3n) is 2.25. The topological polar surface area (TPSA) is 61.8 Å². The first-order valence-electron chi connectivity index (χ1n) is 5.51. The van der Waals surface area contributed by atoms with Gasteiger partial charge in [-0.25, -0.2) is 9.59 Å². The van der Waals surface area contributed by atoms with E-state index < -0.39 is 35.2 Å². The third kappa shape index (κ3) is 4.51. The van der Waals surface area contributed by atoms with E-state index in [-0.39, 0.29) is 0 Å². The van der Waals surface area contributed by atoms with Crippen molar-refractivity contribution in [1.29, 1.82) is 0 Å². The van der Waals surface area contributed by atoms with Gasteiger partial charge in [0.25, 0.3) is 0 Å². The predicted molar refractivity (Wildman–Crippen MR) is 64.2 cm³/mol. The van der Waals surface area contributed by atoms with Gasteiger partial charge >= 0.3 is 18.1 Å². The van der Waals surface area contributed by atoms with Crippen molar-refractivity contribution in [1.82, 2.24) is 0 Å². The van der Waals surface area contributed by atoms with Crippen LogP contribution in [-0.4, -0.2) is 26.2 Å². The van der Waals surface area contributed by atoms with E-state index in [4.69, 9.17) is 4.74 Å². The Hall–Kier alpha value is -2.51. The number of alkyl halides is 3. The summed E-state index contributed by atoms with van der Waals surface area (Å²) in [4.78, 5) is 22.5. The maximum atomic E-state index is 12.8. The number of hydrogen-bond acceptors (Lipinski definition) is 5. The van der Waals surface area contributed by atoms with Crippen LogP contribution < -0.4 is 4.74 Å². The van der Waals surface area contributed by atoms with Crippen molar-refractivity contribution in [2.45, 2.75) is 6.18 Å². The summed E-state index contributed by atoms with van der Waals surface area (Å²) in [6, 6.07) is 4.24. The van der Waals surface area contributed by atoms with Gasteiger partial charge in [-0.2, -0.15) is 13.2 Å². The number of esters is 2. The minimum atomic E-state index is -4.68. The molecule has 0 spiro atoms. The second kappa shape index (κ2) is 6.78. The Bertz CT molecular complexity index is 563. The molecule has 0 bridgehead atoms. The van der Waals surface area contributed by atoms with E-state index in [1.807, 2.05) is 0 Å². The molecule has 0 aliphatic carbocycles. The van der Waals surface area contributed by atoms with Crippen molar-refractivity contribution in [2.24, 2.45) is 0 Å². The molecule has 21 heavy (non-hydrogen) atoms. The van der Waals surface area contributed by atoms with E-state index in [1.165, 1.54) is 6.07 Å². The number of halogens is 3. The van der Waals surface area contributed by atoms with Crippen LogP contribution in [0, 0.1) is 0 Å². The minimum absolute atomic E-state index is 0.596. The molecule has 0 radical (unpaired) electrons. The van der Waals surface area contributed by atoms with Crippen molar-refractivity contribution in [3.05, 3.63) is 41.7 Å². The lowest BCUT2D eigenvalue weighted by Crippen LogP contribution is -2.16. The van der Waals surface area contributed by atoms with E-state index in [2.05, 4.69) is 9.47 Å². The van der Waals surface area contributed by atoms with Crippen LogP contribution >= 0.6 is 0 Å². The fourth-order valence-electron chi connectivity index (χ4n) is 1.30. The lowest BCUT2D eigenvalue weighted by molar-refractivity contribution is -0.142. The van der Waals surface area contributed by atoms with E-state index in [0.717, 1.165) is 32.4 Å². The molecule has 0 fully saturated rings. The number of methoxy groups -OCH3 is 2. The summed E-state index contributed by atoms with van der Waals surface area (Å²) in [6.07, 6.45) is -4.08. The molecule has 0 aliphatic heterocycles. The van der Waals surface area contributed by atoms with Gasteiger partial charge in [0.2, 0.25) is 5.76 Å². The summed E-state index contributed by atoms with van der Waals surface area (Å²) in [7, 11) is 2.03. The average Bonchev–Trinajstić information content (AvgIpc) is 2.44.